The Morgan fingerprint density at radius 3 is 2.27 bits per heavy atom. The number of nitrogens with zero attached hydrogens (tertiary/aromatic N) is 1. The molecule has 5 aromatic rings. The summed E-state index contributed by atoms with van der Waals surface area (Å²) in [6.45, 7) is -0.107. The number of furan rings is 1. The lowest BCUT2D eigenvalue weighted by Gasteiger charge is -2.25. The zero-order valence-corrected chi connectivity index (χ0v) is 21.1. The van der Waals surface area contributed by atoms with Gasteiger partial charge in [0.25, 0.3) is 0 Å². The van der Waals surface area contributed by atoms with E-state index in [0.717, 1.165) is 27.5 Å². The lowest BCUT2D eigenvalue weighted by molar-refractivity contribution is 0.0881. The maximum absolute atomic E-state index is 13.5. The fourth-order valence-electron chi connectivity index (χ4n) is 4.21. The van der Waals surface area contributed by atoms with Gasteiger partial charge in [0.15, 0.2) is 0 Å². The second-order valence-corrected chi connectivity index (χ2v) is 10.6. The highest BCUT2D eigenvalue weighted by atomic mass is 32.2. The summed E-state index contributed by atoms with van der Waals surface area (Å²) in [5.41, 5.74) is 2.34. The molecule has 190 valence electrons. The van der Waals surface area contributed by atoms with Gasteiger partial charge in [0.05, 0.1) is 12.0 Å². The molecule has 1 aromatic heterocycles. The largest absolute Gasteiger partial charge is 0.497 e. The molecule has 0 saturated heterocycles. The van der Waals surface area contributed by atoms with E-state index in [1.54, 1.807) is 18.2 Å². The first-order valence-corrected chi connectivity index (χ1v) is 13.3. The average molecular weight is 518 g/mol. The van der Waals surface area contributed by atoms with Crippen molar-refractivity contribution in [3.63, 3.8) is 0 Å². The van der Waals surface area contributed by atoms with Gasteiger partial charge in [0, 0.05) is 23.9 Å². The summed E-state index contributed by atoms with van der Waals surface area (Å²) in [5, 5.41) is 12.7. The standard InChI is InChI=1S/C29H27NO6S/c1-34-23-11-14-25(15-12-23)37(32,33)30(18-21-7-3-2-4-8-21)19-22(31)20-35-24-13-16-29-27(17-24)26-9-5-6-10-28(26)36-29/h2-17,22,31H,18-20H2,1H3. The number of aliphatic hydroxyl groups is 1. The Morgan fingerprint density at radius 1 is 0.838 bits per heavy atom. The minimum Gasteiger partial charge on any atom is -0.497 e. The minimum absolute atomic E-state index is 0.0787. The molecular formula is C29H27NO6S. The maximum atomic E-state index is 13.5. The van der Waals surface area contributed by atoms with Crippen LogP contribution in [0.25, 0.3) is 21.9 Å². The van der Waals surface area contributed by atoms with E-state index in [-0.39, 0.29) is 24.6 Å². The van der Waals surface area contributed by atoms with Crippen LogP contribution < -0.4 is 9.47 Å². The fraction of sp³-hybridized carbons (Fsp3) is 0.172. The molecule has 0 saturated carbocycles. The topological polar surface area (TPSA) is 89.2 Å². The summed E-state index contributed by atoms with van der Waals surface area (Å²) in [6.07, 6.45) is -1.06. The van der Waals surface area contributed by atoms with Gasteiger partial charge in [-0.15, -0.1) is 0 Å². The van der Waals surface area contributed by atoms with Gasteiger partial charge in [-0.05, 0) is 54.1 Å². The van der Waals surface area contributed by atoms with Crippen LogP contribution in [0.4, 0.5) is 0 Å². The first-order valence-electron chi connectivity index (χ1n) is 11.8. The number of benzene rings is 4. The van der Waals surface area contributed by atoms with E-state index >= 15 is 0 Å². The van der Waals surface area contributed by atoms with Gasteiger partial charge in [0.1, 0.15) is 35.4 Å². The van der Waals surface area contributed by atoms with Gasteiger partial charge in [-0.3, -0.25) is 0 Å². The third-order valence-electron chi connectivity index (χ3n) is 6.10. The van der Waals surface area contributed by atoms with Crippen molar-refractivity contribution in [3.8, 4) is 11.5 Å². The van der Waals surface area contributed by atoms with Crippen LogP contribution in [0.2, 0.25) is 0 Å². The smallest absolute Gasteiger partial charge is 0.243 e. The molecule has 0 aliphatic carbocycles. The second kappa shape index (κ2) is 10.6. The molecule has 1 atom stereocenters. The highest BCUT2D eigenvalue weighted by Gasteiger charge is 2.27. The first-order chi connectivity index (χ1) is 17.9. The zero-order valence-electron chi connectivity index (χ0n) is 20.3. The van der Waals surface area contributed by atoms with E-state index in [9.17, 15) is 13.5 Å². The third-order valence-corrected chi connectivity index (χ3v) is 7.93. The van der Waals surface area contributed by atoms with E-state index in [1.165, 1.54) is 23.5 Å². The third kappa shape index (κ3) is 5.46. The molecular weight excluding hydrogens is 490 g/mol. The van der Waals surface area contributed by atoms with E-state index < -0.39 is 16.1 Å². The Bertz CT molecular complexity index is 1600. The molecule has 0 aliphatic heterocycles. The van der Waals surface area contributed by atoms with E-state index in [2.05, 4.69) is 0 Å². The van der Waals surface area contributed by atoms with Gasteiger partial charge in [0.2, 0.25) is 10.0 Å². The number of ether oxygens (including phenoxy) is 2. The quantitative estimate of drug-likeness (QED) is 0.273. The minimum atomic E-state index is -3.90. The summed E-state index contributed by atoms with van der Waals surface area (Å²) in [7, 11) is -2.38. The van der Waals surface area contributed by atoms with Crippen LogP contribution in [0.1, 0.15) is 5.56 Å². The zero-order chi connectivity index (χ0) is 25.8. The van der Waals surface area contributed by atoms with Crippen LogP contribution in [0, 0.1) is 0 Å². The van der Waals surface area contributed by atoms with Crippen LogP contribution in [0.15, 0.2) is 106 Å². The van der Waals surface area contributed by atoms with Crippen molar-refractivity contribution < 1.29 is 27.4 Å². The number of hydrogen-bond acceptors (Lipinski definition) is 6. The van der Waals surface area contributed by atoms with E-state index in [0.29, 0.717) is 11.5 Å². The van der Waals surface area contributed by atoms with Crippen molar-refractivity contribution in [2.75, 3.05) is 20.3 Å². The summed E-state index contributed by atoms with van der Waals surface area (Å²) in [5.74, 6) is 1.12. The van der Waals surface area contributed by atoms with Gasteiger partial charge < -0.3 is 19.0 Å². The van der Waals surface area contributed by atoms with Crippen molar-refractivity contribution in [1.29, 1.82) is 0 Å². The summed E-state index contributed by atoms with van der Waals surface area (Å²) in [6, 6.07) is 28.7. The van der Waals surface area contributed by atoms with Gasteiger partial charge in [-0.25, -0.2) is 8.42 Å². The highest BCUT2D eigenvalue weighted by Crippen LogP contribution is 2.31. The number of aliphatic hydroxyl groups excluding tert-OH is 1. The predicted molar refractivity (Wildman–Crippen MR) is 142 cm³/mol. The molecule has 0 spiro atoms. The van der Waals surface area contributed by atoms with E-state index in [1.807, 2.05) is 66.7 Å². The molecule has 0 aliphatic rings. The molecule has 7 nitrogen and oxygen atoms in total. The van der Waals surface area contributed by atoms with Crippen LogP contribution >= 0.6 is 0 Å². The molecule has 1 heterocycles. The number of rotatable bonds is 10. The van der Waals surface area contributed by atoms with Crippen LogP contribution in [0.5, 0.6) is 11.5 Å². The summed E-state index contributed by atoms with van der Waals surface area (Å²) < 4.78 is 45.2. The summed E-state index contributed by atoms with van der Waals surface area (Å²) in [4.78, 5) is 0.120. The second-order valence-electron chi connectivity index (χ2n) is 8.68. The first kappa shape index (κ1) is 24.8. The lowest BCUT2D eigenvalue weighted by atomic mass is 10.1. The number of methoxy groups -OCH3 is 1. The molecule has 37 heavy (non-hydrogen) atoms. The number of para-hydroxylation sites is 1. The number of sulfonamides is 1. The molecule has 8 heteroatoms. The van der Waals surface area contributed by atoms with Crippen LogP contribution in [-0.4, -0.2) is 44.2 Å². The van der Waals surface area contributed by atoms with Crippen LogP contribution in [-0.2, 0) is 16.6 Å². The molecule has 5 rings (SSSR count). The Labute approximate surface area is 215 Å². The predicted octanol–water partition coefficient (Wildman–Crippen LogP) is 5.23. The van der Waals surface area contributed by atoms with Crippen molar-refractivity contribution >= 4 is 32.0 Å². The Hall–Kier alpha value is -3.85. The SMILES string of the molecule is COc1ccc(S(=O)(=O)N(Cc2ccccc2)CC(O)COc2ccc3oc4ccccc4c3c2)cc1. The molecule has 1 N–H and O–H groups in total. The van der Waals surface area contributed by atoms with Crippen molar-refractivity contribution in [3.05, 3.63) is 103 Å². The molecule has 4 aromatic carbocycles. The number of hydrogen-bond donors (Lipinski definition) is 1. The van der Waals surface area contributed by atoms with Gasteiger partial charge in [-0.1, -0.05) is 48.5 Å². The maximum Gasteiger partial charge on any atom is 0.243 e. The summed E-state index contributed by atoms with van der Waals surface area (Å²) >= 11 is 0. The van der Waals surface area contributed by atoms with Crippen molar-refractivity contribution in [2.45, 2.75) is 17.5 Å². The normalized spacial score (nSPS) is 12.7. The van der Waals surface area contributed by atoms with Crippen LogP contribution in [0.3, 0.4) is 0 Å². The lowest BCUT2D eigenvalue weighted by Crippen LogP contribution is -2.39. The van der Waals surface area contributed by atoms with Gasteiger partial charge in [-0.2, -0.15) is 4.31 Å². The van der Waals surface area contributed by atoms with Crippen molar-refractivity contribution in [1.82, 2.24) is 4.31 Å². The molecule has 0 fully saturated rings. The Kier molecular flexibility index (Phi) is 7.14. The van der Waals surface area contributed by atoms with E-state index in [4.69, 9.17) is 13.9 Å². The Balaban J connectivity index is 1.33. The average Bonchev–Trinajstić information content (AvgIpc) is 3.30. The van der Waals surface area contributed by atoms with Gasteiger partial charge >= 0.3 is 0 Å². The monoisotopic (exact) mass is 517 g/mol. The Morgan fingerprint density at radius 2 is 1.51 bits per heavy atom. The highest BCUT2D eigenvalue weighted by molar-refractivity contribution is 7.89. The molecule has 0 bridgehead atoms. The van der Waals surface area contributed by atoms with Crippen molar-refractivity contribution in [2.24, 2.45) is 0 Å². The number of fused-ring (bicyclic) bond motifs is 3. The molecule has 0 amide bonds. The fourth-order valence-corrected chi connectivity index (χ4v) is 5.67. The molecule has 0 radical (unpaired) electrons. The molecule has 1 unspecified atom stereocenters.